The number of carbonyl (C=O) groups is 1. The van der Waals surface area contributed by atoms with Gasteiger partial charge in [-0.1, -0.05) is 12.1 Å². The molecule has 0 spiro atoms. The van der Waals surface area contributed by atoms with Gasteiger partial charge in [-0.2, -0.15) is 0 Å². The summed E-state index contributed by atoms with van der Waals surface area (Å²) in [7, 11) is 0. The molecular formula is C19H21F2N3O. The van der Waals surface area contributed by atoms with Crippen molar-refractivity contribution in [3.63, 3.8) is 0 Å². The van der Waals surface area contributed by atoms with E-state index in [1.165, 1.54) is 6.07 Å². The zero-order chi connectivity index (χ0) is 17.6. The Morgan fingerprint density at radius 2 is 1.96 bits per heavy atom. The average Bonchev–Trinajstić information content (AvgIpc) is 2.64. The summed E-state index contributed by atoms with van der Waals surface area (Å²) in [5, 5.41) is 2.40. The van der Waals surface area contributed by atoms with E-state index in [0.717, 1.165) is 49.9 Å². The van der Waals surface area contributed by atoms with Crippen molar-refractivity contribution in [2.75, 3.05) is 11.9 Å². The lowest BCUT2D eigenvalue weighted by Gasteiger charge is -2.35. The Kier molecular flexibility index (Phi) is 5.58. The van der Waals surface area contributed by atoms with Crippen LogP contribution in [0.15, 0.2) is 42.6 Å². The molecule has 25 heavy (non-hydrogen) atoms. The quantitative estimate of drug-likeness (QED) is 0.894. The SMILES string of the molecule is O=C(Nc1c(F)cccc1F)N1CCCC[C@@H]1CCc1ccccn1. The zero-order valence-electron chi connectivity index (χ0n) is 13.9. The molecule has 2 heterocycles. The summed E-state index contributed by atoms with van der Waals surface area (Å²) < 4.78 is 27.5. The molecule has 1 saturated heterocycles. The highest BCUT2D eigenvalue weighted by Crippen LogP contribution is 2.24. The Labute approximate surface area is 145 Å². The summed E-state index contributed by atoms with van der Waals surface area (Å²) in [5.74, 6) is -1.54. The highest BCUT2D eigenvalue weighted by Gasteiger charge is 2.27. The Balaban J connectivity index is 1.66. The zero-order valence-corrected chi connectivity index (χ0v) is 13.9. The third kappa shape index (κ3) is 4.32. The largest absolute Gasteiger partial charge is 0.322 e. The van der Waals surface area contributed by atoms with Gasteiger partial charge < -0.3 is 10.2 Å². The number of aryl methyl sites for hydroxylation is 1. The van der Waals surface area contributed by atoms with Crippen molar-refractivity contribution < 1.29 is 13.6 Å². The second-order valence-electron chi connectivity index (χ2n) is 6.23. The van der Waals surface area contributed by atoms with Crippen LogP contribution in [0.25, 0.3) is 0 Å². The van der Waals surface area contributed by atoms with Crippen LogP contribution in [-0.4, -0.2) is 28.5 Å². The number of hydrogen-bond donors (Lipinski definition) is 1. The van der Waals surface area contributed by atoms with Crippen LogP contribution >= 0.6 is 0 Å². The predicted molar refractivity (Wildman–Crippen MR) is 92.3 cm³/mol. The van der Waals surface area contributed by atoms with Gasteiger partial charge in [0.1, 0.15) is 17.3 Å². The number of carbonyl (C=O) groups excluding carboxylic acids is 1. The maximum Gasteiger partial charge on any atom is 0.322 e. The lowest BCUT2D eigenvalue weighted by molar-refractivity contribution is 0.158. The molecule has 2 amide bonds. The van der Waals surface area contributed by atoms with Crippen molar-refractivity contribution in [3.8, 4) is 0 Å². The topological polar surface area (TPSA) is 45.2 Å². The number of likely N-dealkylation sites (tertiary alicyclic amines) is 1. The highest BCUT2D eigenvalue weighted by molar-refractivity contribution is 5.89. The minimum absolute atomic E-state index is 0.0468. The van der Waals surface area contributed by atoms with Gasteiger partial charge in [0, 0.05) is 24.5 Å². The van der Waals surface area contributed by atoms with Crippen LogP contribution in [0.2, 0.25) is 0 Å². The van der Waals surface area contributed by atoms with Crippen LogP contribution in [0.4, 0.5) is 19.3 Å². The van der Waals surface area contributed by atoms with Crippen molar-refractivity contribution in [1.82, 2.24) is 9.88 Å². The number of amides is 2. The fourth-order valence-corrected chi connectivity index (χ4v) is 3.22. The van der Waals surface area contributed by atoms with Gasteiger partial charge in [0.25, 0.3) is 0 Å². The Morgan fingerprint density at radius 1 is 1.16 bits per heavy atom. The number of para-hydroxylation sites is 1. The van der Waals surface area contributed by atoms with Crippen LogP contribution in [0.5, 0.6) is 0 Å². The predicted octanol–water partition coefficient (Wildman–Crippen LogP) is 4.38. The summed E-state index contributed by atoms with van der Waals surface area (Å²) in [4.78, 5) is 18.6. The molecule has 132 valence electrons. The van der Waals surface area contributed by atoms with Crippen LogP contribution in [0, 0.1) is 11.6 Å². The molecule has 2 aromatic rings. The maximum absolute atomic E-state index is 13.8. The summed E-state index contributed by atoms with van der Waals surface area (Å²) in [6.07, 6.45) is 6.13. The molecule has 1 aromatic heterocycles. The number of halogens is 2. The number of piperidine rings is 1. The number of rotatable bonds is 4. The minimum atomic E-state index is -0.768. The third-order valence-electron chi connectivity index (χ3n) is 4.54. The third-order valence-corrected chi connectivity index (χ3v) is 4.54. The van der Waals surface area contributed by atoms with Gasteiger partial charge in [-0.15, -0.1) is 0 Å². The van der Waals surface area contributed by atoms with Gasteiger partial charge >= 0.3 is 6.03 Å². The van der Waals surface area contributed by atoms with E-state index < -0.39 is 17.7 Å². The lowest BCUT2D eigenvalue weighted by atomic mass is 9.97. The van der Waals surface area contributed by atoms with E-state index in [0.29, 0.717) is 6.54 Å². The molecule has 1 fully saturated rings. The minimum Gasteiger partial charge on any atom is -0.322 e. The smallest absolute Gasteiger partial charge is 0.322 e. The molecule has 1 aliphatic rings. The average molecular weight is 345 g/mol. The van der Waals surface area contributed by atoms with Gasteiger partial charge in [-0.3, -0.25) is 4.98 Å². The number of nitrogens with zero attached hydrogens (tertiary/aromatic N) is 2. The number of pyridine rings is 1. The van der Waals surface area contributed by atoms with Crippen LogP contribution in [0.3, 0.4) is 0 Å². The second kappa shape index (κ2) is 8.05. The number of hydrogen-bond acceptors (Lipinski definition) is 2. The van der Waals surface area contributed by atoms with Gasteiger partial charge in [0.2, 0.25) is 0 Å². The first-order valence-corrected chi connectivity index (χ1v) is 8.56. The number of aromatic nitrogens is 1. The van der Waals surface area contributed by atoms with Crippen LogP contribution in [0.1, 0.15) is 31.4 Å². The van der Waals surface area contributed by atoms with Crippen molar-refractivity contribution >= 4 is 11.7 Å². The van der Waals surface area contributed by atoms with Gasteiger partial charge in [-0.25, -0.2) is 13.6 Å². The molecule has 1 aliphatic heterocycles. The standard InChI is InChI=1S/C19H21F2N3O/c20-16-8-5-9-17(21)18(16)23-19(25)24-13-4-2-7-15(24)11-10-14-6-1-3-12-22-14/h1,3,5-6,8-9,12,15H,2,4,7,10-11,13H2,(H,23,25)/t15-/m1/s1. The van der Waals surface area contributed by atoms with E-state index in [9.17, 15) is 13.6 Å². The van der Waals surface area contributed by atoms with E-state index in [1.54, 1.807) is 11.1 Å². The molecule has 0 saturated carbocycles. The summed E-state index contributed by atoms with van der Waals surface area (Å²) in [6.45, 7) is 0.592. The molecule has 3 rings (SSSR count). The number of anilines is 1. The van der Waals surface area contributed by atoms with Crippen molar-refractivity contribution in [3.05, 3.63) is 59.9 Å². The molecule has 1 N–H and O–H groups in total. The van der Waals surface area contributed by atoms with E-state index in [1.807, 2.05) is 18.2 Å². The lowest BCUT2D eigenvalue weighted by Crippen LogP contribution is -2.46. The Hall–Kier alpha value is -2.50. The summed E-state index contributed by atoms with van der Waals surface area (Å²) in [6, 6.07) is 8.90. The molecule has 0 unspecified atom stereocenters. The maximum atomic E-state index is 13.8. The fourth-order valence-electron chi connectivity index (χ4n) is 3.22. The molecular weight excluding hydrogens is 324 g/mol. The Bertz CT molecular complexity index is 704. The van der Waals surface area contributed by atoms with Crippen LogP contribution < -0.4 is 5.32 Å². The normalized spacial score (nSPS) is 17.4. The number of urea groups is 1. The molecule has 1 atom stereocenters. The van der Waals surface area contributed by atoms with E-state index >= 15 is 0 Å². The molecule has 0 aliphatic carbocycles. The van der Waals surface area contributed by atoms with Crippen LogP contribution in [-0.2, 0) is 6.42 Å². The number of benzene rings is 1. The first kappa shape index (κ1) is 17.3. The second-order valence-corrected chi connectivity index (χ2v) is 6.23. The van der Waals surface area contributed by atoms with Crippen molar-refractivity contribution in [2.45, 2.75) is 38.1 Å². The monoisotopic (exact) mass is 345 g/mol. The highest BCUT2D eigenvalue weighted by atomic mass is 19.1. The molecule has 1 aromatic carbocycles. The molecule has 6 heteroatoms. The van der Waals surface area contributed by atoms with Gasteiger partial charge in [0.05, 0.1) is 0 Å². The fraction of sp³-hybridized carbons (Fsp3) is 0.368. The first-order chi connectivity index (χ1) is 12.1. The van der Waals surface area contributed by atoms with E-state index in [2.05, 4.69) is 10.3 Å². The first-order valence-electron chi connectivity index (χ1n) is 8.56. The van der Waals surface area contributed by atoms with Crippen molar-refractivity contribution in [1.29, 1.82) is 0 Å². The van der Waals surface area contributed by atoms with E-state index in [4.69, 9.17) is 0 Å². The van der Waals surface area contributed by atoms with E-state index in [-0.39, 0.29) is 11.7 Å². The number of nitrogens with one attached hydrogen (secondary N) is 1. The summed E-state index contributed by atoms with van der Waals surface area (Å²) in [5.41, 5.74) is 0.593. The van der Waals surface area contributed by atoms with Gasteiger partial charge in [-0.05, 0) is 56.4 Å². The summed E-state index contributed by atoms with van der Waals surface area (Å²) >= 11 is 0. The Morgan fingerprint density at radius 3 is 2.68 bits per heavy atom. The molecule has 4 nitrogen and oxygen atoms in total. The van der Waals surface area contributed by atoms with Gasteiger partial charge in [0.15, 0.2) is 0 Å². The van der Waals surface area contributed by atoms with Crippen molar-refractivity contribution in [2.24, 2.45) is 0 Å². The molecule has 0 radical (unpaired) electrons. The molecule has 0 bridgehead atoms.